The lowest BCUT2D eigenvalue weighted by atomic mass is 10.3. The molecule has 0 aliphatic rings. The van der Waals surface area contributed by atoms with E-state index in [-0.39, 0.29) is 22.7 Å². The zero-order chi connectivity index (χ0) is 19.8. The van der Waals surface area contributed by atoms with Gasteiger partial charge in [-0.15, -0.1) is 0 Å². The van der Waals surface area contributed by atoms with Crippen molar-refractivity contribution < 1.29 is 4.34 Å². The van der Waals surface area contributed by atoms with Gasteiger partial charge in [0.15, 0.2) is 12.4 Å². The third-order valence-electron chi connectivity index (χ3n) is 4.17. The van der Waals surface area contributed by atoms with E-state index in [1.54, 1.807) is 0 Å². The number of hydrogen-bond donors (Lipinski definition) is 0. The average molecular weight is 401 g/mol. The van der Waals surface area contributed by atoms with Crippen LogP contribution in [-0.2, 0) is 0 Å². The molecule has 0 bridgehead atoms. The van der Waals surface area contributed by atoms with Gasteiger partial charge in [0.25, 0.3) is 0 Å². The summed E-state index contributed by atoms with van der Waals surface area (Å²) in [5.74, 6) is 0. The molecule has 0 saturated heterocycles. The number of nitrogens with zero attached hydrogens (tertiary/aromatic N) is 2. The van der Waals surface area contributed by atoms with E-state index in [0.29, 0.717) is 15.5 Å². The summed E-state index contributed by atoms with van der Waals surface area (Å²) in [5, 5.41) is 1.04. The van der Waals surface area contributed by atoms with Crippen LogP contribution in [0.5, 0.6) is 0 Å². The smallest absolute Gasteiger partial charge is 0.217 e. The van der Waals surface area contributed by atoms with Gasteiger partial charge in [-0.25, -0.2) is 0 Å². The van der Waals surface area contributed by atoms with Crippen molar-refractivity contribution >= 4 is 28.4 Å². The molecule has 0 amide bonds. The van der Waals surface area contributed by atoms with Gasteiger partial charge in [-0.1, -0.05) is 49.2 Å². The Kier molecular flexibility index (Phi) is 7.53. The molecule has 1 aromatic heterocycles. The van der Waals surface area contributed by atoms with Gasteiger partial charge in [-0.3, -0.25) is 0 Å². The summed E-state index contributed by atoms with van der Waals surface area (Å²) in [4.78, 5) is 2.18. The predicted molar refractivity (Wildman–Crippen MR) is 122 cm³/mol. The molecular formula is C20H40N2P3+. The highest BCUT2D eigenvalue weighted by atomic mass is 32.5. The highest BCUT2D eigenvalue weighted by Crippen LogP contribution is 2.93. The first-order chi connectivity index (χ1) is 11.1. The summed E-state index contributed by atoms with van der Waals surface area (Å²) in [6.45, 7) is 24.6. The van der Waals surface area contributed by atoms with Crippen LogP contribution < -0.4 is 9.24 Å². The van der Waals surface area contributed by atoms with Crippen LogP contribution in [0.25, 0.3) is 0 Å². The van der Waals surface area contributed by atoms with Crippen molar-refractivity contribution in [2.24, 2.45) is 0 Å². The summed E-state index contributed by atoms with van der Waals surface area (Å²) >= 11 is 0. The second-order valence-corrected chi connectivity index (χ2v) is 22.9. The van der Waals surface area contributed by atoms with Gasteiger partial charge in [0, 0.05) is 44.4 Å². The van der Waals surface area contributed by atoms with Crippen LogP contribution in [0.2, 0.25) is 0 Å². The van der Waals surface area contributed by atoms with Crippen LogP contribution in [0.15, 0.2) is 24.5 Å². The highest BCUT2D eigenvalue weighted by molar-refractivity contribution is 8.60. The normalized spacial score (nSPS) is 17.1. The second-order valence-electron chi connectivity index (χ2n) is 9.95. The van der Waals surface area contributed by atoms with E-state index in [0.717, 1.165) is 0 Å². The fraction of sp³-hybridized carbons (Fsp3) is 0.750. The van der Waals surface area contributed by atoms with E-state index in [9.17, 15) is 0 Å². The molecular weight excluding hydrogens is 361 g/mol. The Morgan fingerprint density at radius 2 is 1.20 bits per heavy atom. The van der Waals surface area contributed by atoms with Crippen molar-refractivity contribution in [3.8, 4) is 0 Å². The monoisotopic (exact) mass is 401 g/mol. The van der Waals surface area contributed by atoms with Gasteiger partial charge in [0.05, 0.1) is 0 Å². The van der Waals surface area contributed by atoms with E-state index >= 15 is 0 Å². The lowest BCUT2D eigenvalue weighted by Gasteiger charge is -2.46. The second kappa shape index (κ2) is 8.09. The molecule has 1 rings (SSSR count). The Morgan fingerprint density at radius 1 is 0.760 bits per heavy atom. The summed E-state index contributed by atoms with van der Waals surface area (Å²) in [6, 6.07) is 4.54. The van der Waals surface area contributed by atoms with Crippen LogP contribution in [0, 0.1) is 0 Å². The zero-order valence-corrected chi connectivity index (χ0v) is 21.2. The van der Waals surface area contributed by atoms with Gasteiger partial charge in [0.1, 0.15) is 0 Å². The molecule has 5 heteroatoms. The number of hydrogen-bond acceptors (Lipinski definition) is 1. The Morgan fingerprint density at radius 3 is 1.48 bits per heavy atom. The third-order valence-corrected chi connectivity index (χ3v) is 24.7. The Bertz CT molecular complexity index is 548. The maximum atomic E-state index is 2.57. The molecule has 1 heterocycles. The van der Waals surface area contributed by atoms with Crippen LogP contribution in [0.3, 0.4) is 0 Å². The van der Waals surface area contributed by atoms with Crippen LogP contribution in [-0.4, -0.2) is 36.2 Å². The first-order valence-electron chi connectivity index (χ1n) is 9.10. The van der Waals surface area contributed by atoms with Gasteiger partial charge in [-0.2, -0.15) is 4.34 Å². The van der Waals surface area contributed by atoms with Crippen molar-refractivity contribution in [2.45, 2.75) is 77.8 Å². The predicted octanol–water partition coefficient (Wildman–Crippen LogP) is 7.10. The quantitative estimate of drug-likeness (QED) is 0.488. The third kappa shape index (κ3) is 6.13. The molecule has 0 radical (unpaired) electrons. The van der Waals surface area contributed by atoms with Gasteiger partial charge < -0.3 is 4.90 Å². The maximum Gasteiger partial charge on any atom is 0.217 e. The molecule has 3 unspecified atom stereocenters. The fourth-order valence-electron chi connectivity index (χ4n) is 2.71. The van der Waals surface area contributed by atoms with Crippen LogP contribution in [0.4, 0.5) is 5.69 Å². The molecule has 144 valence electrons. The van der Waals surface area contributed by atoms with Crippen molar-refractivity contribution in [1.82, 2.24) is 0 Å². The lowest BCUT2D eigenvalue weighted by Crippen LogP contribution is -2.37. The van der Waals surface area contributed by atoms with Gasteiger partial charge in [-0.05, 0) is 37.7 Å². The standard InChI is InChI=1S/C20H40N2P3/c1-18(2,3)23(12)25(20(7,8)9)24(19(4,5)6)22-15-13-17(14-16-22)21(10)11/h13-16H,1-12H3/q+1. The number of aromatic nitrogens is 1. The van der Waals surface area contributed by atoms with Crippen molar-refractivity contribution in [3.05, 3.63) is 24.5 Å². The lowest BCUT2D eigenvalue weighted by molar-refractivity contribution is -0.509. The number of anilines is 1. The van der Waals surface area contributed by atoms with Crippen LogP contribution in [0.1, 0.15) is 62.3 Å². The molecule has 2 nitrogen and oxygen atoms in total. The summed E-state index contributed by atoms with van der Waals surface area (Å²) in [5.41, 5.74) is 1.27. The van der Waals surface area contributed by atoms with Gasteiger partial charge in [0.2, 0.25) is 7.76 Å². The summed E-state index contributed by atoms with van der Waals surface area (Å²) < 4.78 is 2.57. The Balaban J connectivity index is 3.49. The molecule has 0 aliphatic carbocycles. The molecule has 0 N–H and O–H groups in total. The SMILES string of the molecule is CN(C)c1cc[n+](P(P(P(C)C(C)(C)C)C(C)(C)C)C(C)(C)C)cc1. The van der Waals surface area contributed by atoms with Gasteiger partial charge >= 0.3 is 0 Å². The van der Waals surface area contributed by atoms with Crippen molar-refractivity contribution in [2.75, 3.05) is 25.7 Å². The van der Waals surface area contributed by atoms with Crippen molar-refractivity contribution in [3.63, 3.8) is 0 Å². The average Bonchev–Trinajstić information content (AvgIpc) is 2.40. The zero-order valence-electron chi connectivity index (χ0n) is 18.5. The van der Waals surface area contributed by atoms with Crippen LogP contribution >= 0.6 is 22.7 Å². The molecule has 25 heavy (non-hydrogen) atoms. The molecule has 0 fully saturated rings. The fourth-order valence-corrected chi connectivity index (χ4v) is 24.3. The first-order valence-corrected chi connectivity index (χ1v) is 14.9. The number of pyridine rings is 1. The molecule has 3 atom stereocenters. The Labute approximate surface area is 160 Å². The largest absolute Gasteiger partial charge is 0.377 e. The Hall–Kier alpha value is 0.240. The van der Waals surface area contributed by atoms with E-state index in [1.165, 1.54) is 5.69 Å². The minimum atomic E-state index is -0.292. The molecule has 0 aliphatic heterocycles. The molecule has 0 spiro atoms. The van der Waals surface area contributed by atoms with E-state index in [1.807, 2.05) is 0 Å². The topological polar surface area (TPSA) is 7.12 Å². The highest BCUT2D eigenvalue weighted by Gasteiger charge is 2.51. The maximum absolute atomic E-state index is 2.57. The van der Waals surface area contributed by atoms with E-state index in [2.05, 4.69) is 117 Å². The minimum absolute atomic E-state index is 0.0581. The molecule has 0 aromatic carbocycles. The molecule has 0 saturated carbocycles. The number of rotatable bonds is 4. The summed E-state index contributed by atoms with van der Waals surface area (Å²) in [6.07, 6.45) is 4.67. The van der Waals surface area contributed by atoms with Crippen molar-refractivity contribution in [1.29, 1.82) is 0 Å². The first kappa shape index (κ1) is 23.3. The van der Waals surface area contributed by atoms with E-state index < -0.39 is 0 Å². The van der Waals surface area contributed by atoms with E-state index in [4.69, 9.17) is 0 Å². The molecule has 1 aromatic rings. The summed E-state index contributed by atoms with van der Waals surface area (Å²) in [7, 11) is 3.75. The minimum Gasteiger partial charge on any atom is -0.377 e.